The first-order valence-corrected chi connectivity index (χ1v) is 6.54. The molecule has 2 N–H and O–H groups in total. The molecule has 0 spiro atoms. The van der Waals surface area contributed by atoms with Crippen molar-refractivity contribution in [2.24, 2.45) is 5.73 Å². The van der Waals surface area contributed by atoms with E-state index in [0.29, 0.717) is 6.54 Å². The predicted octanol–water partition coefficient (Wildman–Crippen LogP) is 2.07. The first kappa shape index (κ1) is 14.4. The summed E-state index contributed by atoms with van der Waals surface area (Å²) in [7, 11) is 0. The number of nitrogens with zero attached hydrogens (tertiary/aromatic N) is 1. The fourth-order valence-corrected chi connectivity index (χ4v) is 2.61. The van der Waals surface area contributed by atoms with Gasteiger partial charge in [-0.2, -0.15) is 0 Å². The summed E-state index contributed by atoms with van der Waals surface area (Å²) in [5.41, 5.74) is 6.23. The third kappa shape index (κ3) is 3.72. The van der Waals surface area contributed by atoms with Crippen molar-refractivity contribution in [2.45, 2.75) is 32.1 Å². The first-order chi connectivity index (χ1) is 8.95. The molecule has 3 atom stereocenters. The van der Waals surface area contributed by atoms with E-state index >= 15 is 0 Å². The van der Waals surface area contributed by atoms with Crippen LogP contribution in [-0.4, -0.2) is 36.7 Å². The molecule has 0 aromatic heterocycles. The summed E-state index contributed by atoms with van der Waals surface area (Å²) in [5.74, 6) is -0.918. The summed E-state index contributed by atoms with van der Waals surface area (Å²) in [4.78, 5) is 2.13. The zero-order valence-corrected chi connectivity index (χ0v) is 11.3. The highest BCUT2D eigenvalue weighted by atomic mass is 19.1. The Bertz CT molecular complexity index is 431. The Morgan fingerprint density at radius 1 is 1.32 bits per heavy atom. The van der Waals surface area contributed by atoms with Gasteiger partial charge in [0.15, 0.2) is 0 Å². The van der Waals surface area contributed by atoms with E-state index in [9.17, 15) is 8.78 Å². The molecule has 0 bridgehead atoms. The molecule has 0 saturated carbocycles. The average molecular weight is 270 g/mol. The predicted molar refractivity (Wildman–Crippen MR) is 69.7 cm³/mol. The lowest BCUT2D eigenvalue weighted by Crippen LogP contribution is -2.47. The zero-order chi connectivity index (χ0) is 14.0. The third-order valence-electron chi connectivity index (χ3n) is 3.31. The van der Waals surface area contributed by atoms with Crippen molar-refractivity contribution in [3.63, 3.8) is 0 Å². The van der Waals surface area contributed by atoms with Gasteiger partial charge < -0.3 is 10.5 Å². The Kier molecular flexibility index (Phi) is 4.50. The molecule has 19 heavy (non-hydrogen) atoms. The van der Waals surface area contributed by atoms with E-state index in [1.165, 1.54) is 6.07 Å². The molecule has 0 amide bonds. The number of hydrogen-bond donors (Lipinski definition) is 1. The molecule has 1 aliphatic heterocycles. The lowest BCUT2D eigenvalue weighted by molar-refractivity contribution is -0.0692. The molecule has 1 aromatic carbocycles. The van der Waals surface area contributed by atoms with Crippen LogP contribution in [0.15, 0.2) is 18.2 Å². The lowest BCUT2D eigenvalue weighted by atomic mass is 10.1. The molecule has 2 rings (SSSR count). The second-order valence-corrected chi connectivity index (χ2v) is 5.25. The van der Waals surface area contributed by atoms with Gasteiger partial charge in [-0.1, -0.05) is 0 Å². The van der Waals surface area contributed by atoms with Gasteiger partial charge in [0.25, 0.3) is 0 Å². The van der Waals surface area contributed by atoms with Crippen molar-refractivity contribution in [1.29, 1.82) is 0 Å². The molecule has 5 heteroatoms. The van der Waals surface area contributed by atoms with Crippen LogP contribution >= 0.6 is 0 Å². The highest BCUT2D eigenvalue weighted by Gasteiger charge is 2.24. The number of rotatable bonds is 3. The van der Waals surface area contributed by atoms with Crippen LogP contribution < -0.4 is 5.73 Å². The van der Waals surface area contributed by atoms with Gasteiger partial charge in [-0.05, 0) is 32.0 Å². The normalized spacial score (nSPS) is 26.4. The number of hydrogen-bond acceptors (Lipinski definition) is 3. The quantitative estimate of drug-likeness (QED) is 0.914. The van der Waals surface area contributed by atoms with Crippen LogP contribution in [0.4, 0.5) is 8.78 Å². The largest absolute Gasteiger partial charge is 0.373 e. The maximum absolute atomic E-state index is 13.6. The van der Waals surface area contributed by atoms with Gasteiger partial charge in [0.05, 0.1) is 12.2 Å². The number of ether oxygens (including phenoxy) is 1. The van der Waals surface area contributed by atoms with E-state index in [1.807, 2.05) is 13.8 Å². The summed E-state index contributed by atoms with van der Waals surface area (Å²) in [6, 6.07) is 2.86. The maximum Gasteiger partial charge on any atom is 0.128 e. The van der Waals surface area contributed by atoms with Crippen molar-refractivity contribution in [2.75, 3.05) is 19.6 Å². The molecule has 1 heterocycles. The van der Waals surface area contributed by atoms with Crippen LogP contribution in [0.1, 0.15) is 25.5 Å². The monoisotopic (exact) mass is 270 g/mol. The van der Waals surface area contributed by atoms with E-state index in [-0.39, 0.29) is 17.8 Å². The fraction of sp³-hybridized carbons (Fsp3) is 0.571. The van der Waals surface area contributed by atoms with Gasteiger partial charge in [0.2, 0.25) is 0 Å². The molecule has 0 radical (unpaired) electrons. The molecule has 1 fully saturated rings. The second kappa shape index (κ2) is 5.94. The maximum atomic E-state index is 13.6. The van der Waals surface area contributed by atoms with Crippen LogP contribution in [0.5, 0.6) is 0 Å². The Labute approximate surface area is 112 Å². The smallest absolute Gasteiger partial charge is 0.128 e. The lowest BCUT2D eigenvalue weighted by Gasteiger charge is -2.36. The van der Waals surface area contributed by atoms with E-state index < -0.39 is 17.7 Å². The van der Waals surface area contributed by atoms with Crippen LogP contribution in [0.2, 0.25) is 0 Å². The van der Waals surface area contributed by atoms with E-state index in [0.717, 1.165) is 25.2 Å². The molecule has 1 aliphatic rings. The van der Waals surface area contributed by atoms with Gasteiger partial charge in [-0.3, -0.25) is 4.90 Å². The van der Waals surface area contributed by atoms with Crippen LogP contribution in [0.25, 0.3) is 0 Å². The van der Waals surface area contributed by atoms with Crippen molar-refractivity contribution in [1.82, 2.24) is 4.90 Å². The molecule has 1 aromatic rings. The Morgan fingerprint density at radius 3 is 2.58 bits per heavy atom. The standard InChI is InChI=1S/C14H20F2N2O/c1-9-6-18(7-10(2)19-9)8-14(17)12-5-11(15)3-4-13(12)16/h3-5,9-10,14H,6-8,17H2,1-2H3/t9-,10+,14?. The van der Waals surface area contributed by atoms with Crippen LogP contribution in [0, 0.1) is 11.6 Å². The number of halogens is 2. The average Bonchev–Trinajstić information content (AvgIpc) is 2.30. The van der Waals surface area contributed by atoms with Gasteiger partial charge >= 0.3 is 0 Å². The van der Waals surface area contributed by atoms with Crippen molar-refractivity contribution in [3.8, 4) is 0 Å². The van der Waals surface area contributed by atoms with Crippen LogP contribution in [0.3, 0.4) is 0 Å². The number of morpholine rings is 1. The Balaban J connectivity index is 2.04. The van der Waals surface area contributed by atoms with E-state index in [2.05, 4.69) is 4.90 Å². The Hall–Kier alpha value is -1.04. The van der Waals surface area contributed by atoms with Gasteiger partial charge in [0, 0.05) is 31.2 Å². The molecule has 1 saturated heterocycles. The SMILES string of the molecule is C[C@@H]1CN(CC(N)c2cc(F)ccc2F)C[C@H](C)O1. The van der Waals surface area contributed by atoms with E-state index in [1.54, 1.807) is 0 Å². The highest BCUT2D eigenvalue weighted by Crippen LogP contribution is 2.19. The minimum Gasteiger partial charge on any atom is -0.373 e. The van der Waals surface area contributed by atoms with Gasteiger partial charge in [0.1, 0.15) is 11.6 Å². The highest BCUT2D eigenvalue weighted by molar-refractivity contribution is 5.22. The molecular formula is C14H20F2N2O. The van der Waals surface area contributed by atoms with E-state index in [4.69, 9.17) is 10.5 Å². The second-order valence-electron chi connectivity index (χ2n) is 5.25. The molecule has 1 unspecified atom stereocenters. The first-order valence-electron chi connectivity index (χ1n) is 6.54. The van der Waals surface area contributed by atoms with Crippen molar-refractivity contribution in [3.05, 3.63) is 35.4 Å². The fourth-order valence-electron chi connectivity index (χ4n) is 2.61. The molecule has 106 valence electrons. The summed E-state index contributed by atoms with van der Waals surface area (Å²) in [6.07, 6.45) is 0.265. The zero-order valence-electron chi connectivity index (χ0n) is 11.3. The minimum absolute atomic E-state index is 0.133. The summed E-state index contributed by atoms with van der Waals surface area (Å²) < 4.78 is 32.4. The van der Waals surface area contributed by atoms with Gasteiger partial charge in [-0.15, -0.1) is 0 Å². The number of nitrogens with two attached hydrogens (primary N) is 1. The molecule has 3 nitrogen and oxygen atoms in total. The van der Waals surface area contributed by atoms with Crippen molar-refractivity contribution < 1.29 is 13.5 Å². The minimum atomic E-state index is -0.534. The third-order valence-corrected chi connectivity index (χ3v) is 3.31. The summed E-state index contributed by atoms with van der Waals surface area (Å²) >= 11 is 0. The number of benzene rings is 1. The summed E-state index contributed by atoms with van der Waals surface area (Å²) in [5, 5.41) is 0. The Morgan fingerprint density at radius 2 is 1.95 bits per heavy atom. The summed E-state index contributed by atoms with van der Waals surface area (Å²) in [6.45, 7) is 6.01. The topological polar surface area (TPSA) is 38.5 Å². The molecule has 0 aliphatic carbocycles. The van der Waals surface area contributed by atoms with Crippen LogP contribution in [-0.2, 0) is 4.74 Å². The molecular weight excluding hydrogens is 250 g/mol. The van der Waals surface area contributed by atoms with Crippen molar-refractivity contribution >= 4 is 0 Å². The van der Waals surface area contributed by atoms with Gasteiger partial charge in [-0.25, -0.2) is 8.78 Å².